The van der Waals surface area contributed by atoms with Crippen LogP contribution in [0.15, 0.2) is 134 Å². The maximum absolute atomic E-state index is 12.9. The van der Waals surface area contributed by atoms with Gasteiger partial charge in [0, 0.05) is 19.3 Å². The molecule has 0 heterocycles. The van der Waals surface area contributed by atoms with Gasteiger partial charge in [-0.15, -0.1) is 0 Å². The quantitative estimate of drug-likeness (QED) is 0.0197. The van der Waals surface area contributed by atoms with Gasteiger partial charge in [-0.25, -0.2) is 4.57 Å². The number of phosphoric ester groups is 1. The molecule has 0 saturated heterocycles. The zero-order valence-electron chi connectivity index (χ0n) is 44.6. The molecule has 11 nitrogen and oxygen atoms in total. The van der Waals surface area contributed by atoms with Crippen molar-refractivity contribution in [3.05, 3.63) is 134 Å². The van der Waals surface area contributed by atoms with Gasteiger partial charge in [-0.3, -0.25) is 23.4 Å². The van der Waals surface area contributed by atoms with Gasteiger partial charge in [-0.2, -0.15) is 0 Å². The molecule has 0 aliphatic rings. The number of ether oxygens (including phenoxy) is 3. The third-order valence-electron chi connectivity index (χ3n) is 10.5. The summed E-state index contributed by atoms with van der Waals surface area (Å²) in [5, 5.41) is 9.78. The molecule has 2 N–H and O–H groups in total. The van der Waals surface area contributed by atoms with Crippen LogP contribution in [0.3, 0.4) is 0 Å². The molecular formula is C60H95O11P. The van der Waals surface area contributed by atoms with Crippen LogP contribution in [0.25, 0.3) is 0 Å². The van der Waals surface area contributed by atoms with Crippen molar-refractivity contribution in [2.75, 3.05) is 26.4 Å². The number of hydrogen-bond donors (Lipinski definition) is 2. The first-order valence-corrected chi connectivity index (χ1v) is 28.6. The maximum atomic E-state index is 12.9. The van der Waals surface area contributed by atoms with Crippen LogP contribution in [0.1, 0.15) is 188 Å². The highest BCUT2D eigenvalue weighted by Crippen LogP contribution is 2.43. The van der Waals surface area contributed by atoms with Crippen molar-refractivity contribution in [1.29, 1.82) is 0 Å². The molecule has 0 aliphatic heterocycles. The fourth-order valence-corrected chi connectivity index (χ4v) is 7.27. The molecule has 0 rings (SSSR count). The number of phosphoric acid groups is 1. The number of aliphatic hydroxyl groups excluding tert-OH is 1. The number of unbranched alkanes of at least 4 members (excludes halogenated alkanes) is 9. The Morgan fingerprint density at radius 1 is 0.403 bits per heavy atom. The minimum absolute atomic E-state index is 0.0302. The monoisotopic (exact) mass is 1020 g/mol. The molecule has 0 aromatic carbocycles. The highest BCUT2D eigenvalue weighted by Gasteiger charge is 2.28. The van der Waals surface area contributed by atoms with Gasteiger partial charge in [0.25, 0.3) is 0 Å². The van der Waals surface area contributed by atoms with Crippen LogP contribution in [-0.2, 0) is 42.2 Å². The second kappa shape index (κ2) is 52.9. The van der Waals surface area contributed by atoms with Crippen LogP contribution in [0.5, 0.6) is 0 Å². The molecule has 0 fully saturated rings. The Bertz CT molecular complexity index is 1710. The van der Waals surface area contributed by atoms with E-state index in [-0.39, 0.29) is 25.9 Å². The SMILES string of the molecule is CC/C=C\C/C=C\C/C=C\C/C=C\C/C=C\CCCCCC(=O)OCC(COP(=O)(O)OCC(CO)OC(=O)CCCCCCC/C=C\C/C=C\CCC)OC(=O)CC/C=C\C/C=C\C/C=C\C/C=C\CC. The van der Waals surface area contributed by atoms with Crippen molar-refractivity contribution < 1.29 is 52.2 Å². The van der Waals surface area contributed by atoms with E-state index in [0.717, 1.165) is 122 Å². The molecule has 72 heavy (non-hydrogen) atoms. The van der Waals surface area contributed by atoms with Crippen LogP contribution in [-0.4, -0.2) is 66.5 Å². The van der Waals surface area contributed by atoms with Gasteiger partial charge in [0.2, 0.25) is 0 Å². The lowest BCUT2D eigenvalue weighted by Crippen LogP contribution is -2.30. The van der Waals surface area contributed by atoms with Crippen LogP contribution >= 0.6 is 7.82 Å². The smallest absolute Gasteiger partial charge is 0.462 e. The summed E-state index contributed by atoms with van der Waals surface area (Å²) >= 11 is 0. The van der Waals surface area contributed by atoms with Crippen LogP contribution in [0.4, 0.5) is 0 Å². The van der Waals surface area contributed by atoms with E-state index in [4.69, 9.17) is 23.3 Å². The first-order chi connectivity index (χ1) is 35.2. The number of aliphatic hydroxyl groups is 1. The number of hydrogen-bond acceptors (Lipinski definition) is 10. The molecule has 12 heteroatoms. The Morgan fingerprint density at radius 2 is 0.750 bits per heavy atom. The highest BCUT2D eigenvalue weighted by atomic mass is 31.2. The Hall–Kier alpha value is -4.38. The number of carbonyl (C=O) groups is 3. The molecule has 0 aromatic heterocycles. The molecule has 406 valence electrons. The fourth-order valence-electron chi connectivity index (χ4n) is 6.49. The fraction of sp³-hybridized carbons (Fsp3) is 0.583. The Labute approximate surface area is 436 Å². The molecule has 0 saturated carbocycles. The van der Waals surface area contributed by atoms with E-state index >= 15 is 0 Å². The topological polar surface area (TPSA) is 155 Å². The Morgan fingerprint density at radius 3 is 1.21 bits per heavy atom. The van der Waals surface area contributed by atoms with Crippen molar-refractivity contribution in [3.8, 4) is 0 Å². The largest absolute Gasteiger partial charge is 0.472 e. The minimum atomic E-state index is -4.78. The Balaban J connectivity index is 4.88. The number of carbonyl (C=O) groups excluding carboxylic acids is 3. The lowest BCUT2D eigenvalue weighted by Gasteiger charge is -2.21. The summed E-state index contributed by atoms with van der Waals surface area (Å²) in [6, 6.07) is 0. The average molecular weight is 1020 g/mol. The molecule has 3 atom stereocenters. The van der Waals surface area contributed by atoms with Gasteiger partial charge in [-0.1, -0.05) is 187 Å². The van der Waals surface area contributed by atoms with Gasteiger partial charge < -0.3 is 24.2 Å². The van der Waals surface area contributed by atoms with E-state index in [1.54, 1.807) is 0 Å². The number of allylic oxidation sites excluding steroid dienone is 22. The second-order valence-electron chi connectivity index (χ2n) is 17.3. The standard InChI is InChI=1S/C60H95O11P/c1-4-7-10-13-16-19-22-25-26-27-28-29-30-33-34-37-40-43-46-49-58(62)67-53-57(71-60(64)51-48-45-42-39-36-32-24-21-18-15-12-9-6-3)55-69-72(65,66)68-54-56(52-61)70-59(63)50-47-44-41-38-35-31-23-20-17-14-11-8-5-2/h7,9-12,14,16,18-21,23,25-26,28-29,32-34,36,42,45,56-57,61H,4-6,8,13,15,17,22,24,27,30-31,35,37-41,43-44,46-55H2,1-3H3,(H,65,66)/b10-7-,12-9-,14-11-,19-16-,21-18-,23-20-,26-25-,29-28-,34-33-,36-32-,45-42-. The average Bonchev–Trinajstić information content (AvgIpc) is 3.37. The van der Waals surface area contributed by atoms with E-state index in [2.05, 4.69) is 142 Å². The number of rotatable bonds is 48. The van der Waals surface area contributed by atoms with Crippen molar-refractivity contribution >= 4 is 25.7 Å². The molecule has 3 unspecified atom stereocenters. The third-order valence-corrected chi connectivity index (χ3v) is 11.5. The Kier molecular flexibility index (Phi) is 49.7. The van der Waals surface area contributed by atoms with Gasteiger partial charge in [0.05, 0.1) is 19.8 Å². The highest BCUT2D eigenvalue weighted by molar-refractivity contribution is 7.47. The summed E-state index contributed by atoms with van der Waals surface area (Å²) in [5.41, 5.74) is 0. The summed E-state index contributed by atoms with van der Waals surface area (Å²) in [4.78, 5) is 48.4. The molecule has 0 radical (unpaired) electrons. The first-order valence-electron chi connectivity index (χ1n) is 27.1. The third kappa shape index (κ3) is 50.6. The molecule has 0 amide bonds. The van der Waals surface area contributed by atoms with Crippen molar-refractivity contribution in [3.63, 3.8) is 0 Å². The van der Waals surface area contributed by atoms with Crippen LogP contribution < -0.4 is 0 Å². The summed E-state index contributed by atoms with van der Waals surface area (Å²) in [5.74, 6) is -1.64. The van der Waals surface area contributed by atoms with E-state index in [0.29, 0.717) is 25.7 Å². The summed E-state index contributed by atoms with van der Waals surface area (Å²) in [7, 11) is -4.78. The van der Waals surface area contributed by atoms with Gasteiger partial charge in [0.1, 0.15) is 12.7 Å². The number of esters is 3. The molecular weight excluding hydrogens is 928 g/mol. The zero-order chi connectivity index (χ0) is 52.7. The van der Waals surface area contributed by atoms with E-state index < -0.39 is 57.8 Å². The minimum Gasteiger partial charge on any atom is -0.462 e. The zero-order valence-corrected chi connectivity index (χ0v) is 45.5. The van der Waals surface area contributed by atoms with E-state index in [9.17, 15) is 28.9 Å². The van der Waals surface area contributed by atoms with Crippen molar-refractivity contribution in [2.45, 2.75) is 200 Å². The maximum Gasteiger partial charge on any atom is 0.472 e. The lowest BCUT2D eigenvalue weighted by molar-refractivity contribution is -0.161. The van der Waals surface area contributed by atoms with E-state index in [1.165, 1.54) is 0 Å². The first kappa shape index (κ1) is 67.6. The van der Waals surface area contributed by atoms with E-state index in [1.807, 2.05) is 12.2 Å². The normalized spacial score (nSPS) is 14.5. The predicted molar refractivity (Wildman–Crippen MR) is 297 cm³/mol. The summed E-state index contributed by atoms with van der Waals surface area (Å²) in [6.07, 6.45) is 65.8. The van der Waals surface area contributed by atoms with Crippen LogP contribution in [0, 0.1) is 0 Å². The molecule has 0 aromatic rings. The van der Waals surface area contributed by atoms with Gasteiger partial charge >= 0.3 is 25.7 Å². The second-order valence-corrected chi connectivity index (χ2v) is 18.7. The molecule has 0 spiro atoms. The van der Waals surface area contributed by atoms with Crippen molar-refractivity contribution in [1.82, 2.24) is 0 Å². The lowest BCUT2D eigenvalue weighted by atomic mass is 10.1. The molecule has 0 aliphatic carbocycles. The van der Waals surface area contributed by atoms with Crippen LogP contribution in [0.2, 0.25) is 0 Å². The van der Waals surface area contributed by atoms with Gasteiger partial charge in [-0.05, 0) is 116 Å². The van der Waals surface area contributed by atoms with Crippen molar-refractivity contribution in [2.24, 2.45) is 0 Å². The molecule has 0 bridgehead atoms. The van der Waals surface area contributed by atoms with Gasteiger partial charge in [0.15, 0.2) is 6.10 Å². The predicted octanol–water partition coefficient (Wildman–Crippen LogP) is 15.8. The summed E-state index contributed by atoms with van der Waals surface area (Å²) < 4.78 is 39.3. The summed E-state index contributed by atoms with van der Waals surface area (Å²) in [6.45, 7) is 4.17.